The first-order chi connectivity index (χ1) is 32.0. The van der Waals surface area contributed by atoms with Crippen LogP contribution in [0, 0.1) is 122 Å². The predicted molar refractivity (Wildman–Crippen MR) is 198 cm³/mol. The molecule has 0 saturated heterocycles. The molecular weight excluding hydrogens is 965 g/mol. The molecule has 6 aromatic rings. The number of nitrogens with zero attached hydrogens (tertiary/aromatic N) is 1. The Kier molecular flexibility index (Phi) is 14.5. The van der Waals surface area contributed by atoms with Crippen molar-refractivity contribution in [3.05, 3.63) is 182 Å². The van der Waals surface area contributed by atoms with Gasteiger partial charge in [0.05, 0.1) is 0 Å². The fraction of sp³-hybridized carbons (Fsp3) is 0.159. The summed E-state index contributed by atoms with van der Waals surface area (Å²) in [5.74, 6) is -71.1. The Morgan fingerprint density at radius 2 is 0.691 bits per heavy atom. The van der Waals surface area contributed by atoms with E-state index < -0.39 is 144 Å². The molecule has 1 fully saturated rings. The van der Waals surface area contributed by atoms with Crippen LogP contribution in [-0.2, 0) is 6.54 Å². The van der Waals surface area contributed by atoms with Gasteiger partial charge in [-0.1, -0.05) is 49.6 Å². The van der Waals surface area contributed by atoms with E-state index in [1.807, 2.05) is 54.7 Å². The van der Waals surface area contributed by atoms with Crippen LogP contribution in [0.5, 0.6) is 0 Å². The van der Waals surface area contributed by atoms with Crippen molar-refractivity contribution in [2.24, 2.45) is 5.92 Å². The third kappa shape index (κ3) is 8.24. The van der Waals surface area contributed by atoms with Crippen LogP contribution >= 0.6 is 0 Å². The molecule has 0 aliphatic heterocycles. The first kappa shape index (κ1) is 50.7. The number of benzene rings is 5. The minimum absolute atomic E-state index is 0.0273. The van der Waals surface area contributed by atoms with Gasteiger partial charge in [0.25, 0.3) is 0 Å². The molecule has 3 nitrogen and oxygen atoms in total. The van der Waals surface area contributed by atoms with E-state index in [9.17, 15) is 62.3 Å². The molecule has 24 heteroatoms. The van der Waals surface area contributed by atoms with Gasteiger partial charge in [-0.2, -0.15) is 4.57 Å². The summed E-state index contributed by atoms with van der Waals surface area (Å²) in [6, 6.07) is 14.8. The highest BCUT2D eigenvalue weighted by atomic mass is 19.2. The highest BCUT2D eigenvalue weighted by molar-refractivity contribution is 7.20. The molecule has 1 heterocycles. The first-order valence-corrected chi connectivity index (χ1v) is 19.3. The molecule has 0 amide bonds. The second kappa shape index (κ2) is 19.5. The van der Waals surface area contributed by atoms with Crippen LogP contribution in [-0.4, -0.2) is 17.7 Å². The second-order valence-corrected chi connectivity index (χ2v) is 15.0. The lowest BCUT2D eigenvalue weighted by Gasteiger charge is -2.44. The summed E-state index contributed by atoms with van der Waals surface area (Å²) in [5, 5.41) is 0. The lowest BCUT2D eigenvalue weighted by atomic mass is 9.12. The van der Waals surface area contributed by atoms with Crippen LogP contribution < -0.4 is 26.4 Å². The molecule has 0 unspecified atom stereocenters. The van der Waals surface area contributed by atoms with Gasteiger partial charge >= 0.3 is 0 Å². The summed E-state index contributed by atoms with van der Waals surface area (Å²) in [6.45, 7) is 0.207. The highest BCUT2D eigenvalue weighted by Gasteiger charge is 2.52. The molecule has 0 N–H and O–H groups in total. The van der Waals surface area contributed by atoms with Gasteiger partial charge in [-0.05, 0) is 18.9 Å². The zero-order valence-electron chi connectivity index (χ0n) is 33.4. The van der Waals surface area contributed by atoms with Crippen LogP contribution in [0.3, 0.4) is 0 Å². The van der Waals surface area contributed by atoms with Crippen molar-refractivity contribution in [3.63, 3.8) is 0 Å². The van der Waals surface area contributed by atoms with Crippen molar-refractivity contribution in [2.45, 2.75) is 38.6 Å². The minimum atomic E-state index is -7.22. The summed E-state index contributed by atoms with van der Waals surface area (Å²) >= 11 is 0. The standard InChI is InChI=1S/C24BF20.C20H22NO2/c26-5-1(6(27)14(35)21(42)13(5)34)25(2-7(28)15(36)22(43)16(37)8(2)29,3-9(30)17(38)23(44)18(39)10(3)31)4-11(32)19(40)24(45)20(41)12(4)33;22-19(16-9-3-1-4-10-16)15-21-14-8-7-13-18(21)20(23)17-11-5-2-6-12-17/h;1,3-4,7-10,13-14,17H,2,5-6,11-12,15H2/q-1;+1. The molecule has 0 bridgehead atoms. The molecule has 0 atom stereocenters. The summed E-state index contributed by atoms with van der Waals surface area (Å²) in [4.78, 5) is 25.2. The molecule has 5 aromatic carbocycles. The van der Waals surface area contributed by atoms with E-state index in [-0.39, 0.29) is 24.0 Å². The fourth-order valence-corrected chi connectivity index (χ4v) is 8.16. The zero-order valence-corrected chi connectivity index (χ0v) is 33.4. The van der Waals surface area contributed by atoms with Gasteiger partial charge in [0, 0.05) is 23.6 Å². The lowest BCUT2D eigenvalue weighted by molar-refractivity contribution is -0.685. The van der Waals surface area contributed by atoms with Gasteiger partial charge in [0.15, 0.2) is 76.0 Å². The van der Waals surface area contributed by atoms with Crippen LogP contribution in [0.4, 0.5) is 87.8 Å². The summed E-state index contributed by atoms with van der Waals surface area (Å²) < 4.78 is 296. The number of aromatic nitrogens is 1. The number of hydrogen-bond donors (Lipinski definition) is 0. The topological polar surface area (TPSA) is 38.0 Å². The van der Waals surface area contributed by atoms with Crippen molar-refractivity contribution in [1.82, 2.24) is 0 Å². The maximum Gasteiger partial charge on any atom is 0.249 e. The Bertz CT molecular complexity index is 2630. The Hall–Kier alpha value is -6.75. The van der Waals surface area contributed by atoms with E-state index in [4.69, 9.17) is 0 Å². The SMILES string of the molecule is Fc1c(F)c(F)c([B-](c2c(F)c(F)c(F)c(F)c2F)(c2c(F)c(F)c(F)c(F)c2F)c2c(F)c(F)c(F)c(F)c2F)c(F)c1F.O=C(C[n+]1ccccc1C(=O)C1CCCCC1)c1ccccc1. The number of halogens is 20. The average Bonchev–Trinajstić information content (AvgIpc) is 3.34. The molecule has 7 rings (SSSR count). The third-order valence-corrected chi connectivity index (χ3v) is 11.3. The van der Waals surface area contributed by atoms with E-state index in [2.05, 4.69) is 0 Å². The summed E-state index contributed by atoms with van der Waals surface area (Å²) in [6.07, 6.45) is 0.0479. The van der Waals surface area contributed by atoms with Crippen LogP contribution in [0.2, 0.25) is 0 Å². The minimum Gasteiger partial charge on any atom is -0.287 e. The Morgan fingerprint density at radius 1 is 0.397 bits per heavy atom. The number of Topliss-reactive ketones (excluding diaryl/α,β-unsaturated/α-hetero) is 2. The van der Waals surface area contributed by atoms with Crippen molar-refractivity contribution >= 4 is 39.6 Å². The molecule has 0 radical (unpaired) electrons. The molecule has 1 aliphatic carbocycles. The molecule has 358 valence electrons. The van der Waals surface area contributed by atoms with Gasteiger partial charge in [0.1, 0.15) is 52.7 Å². The van der Waals surface area contributed by atoms with E-state index in [0.29, 0.717) is 11.3 Å². The lowest BCUT2D eigenvalue weighted by Crippen LogP contribution is -2.81. The van der Waals surface area contributed by atoms with Gasteiger partial charge in [-0.15, -0.1) is 21.9 Å². The summed E-state index contributed by atoms with van der Waals surface area (Å²) in [5.41, 5.74) is -13.0. The van der Waals surface area contributed by atoms with Crippen molar-refractivity contribution in [2.75, 3.05) is 0 Å². The van der Waals surface area contributed by atoms with Crippen molar-refractivity contribution in [3.8, 4) is 0 Å². The van der Waals surface area contributed by atoms with Gasteiger partial charge < -0.3 is 0 Å². The molecule has 1 saturated carbocycles. The van der Waals surface area contributed by atoms with Gasteiger partial charge in [-0.3, -0.25) is 9.59 Å². The van der Waals surface area contributed by atoms with E-state index in [0.717, 1.165) is 25.7 Å². The molecule has 68 heavy (non-hydrogen) atoms. The largest absolute Gasteiger partial charge is 0.287 e. The van der Waals surface area contributed by atoms with Crippen LogP contribution in [0.25, 0.3) is 0 Å². The number of carbonyl (C=O) groups is 2. The molecule has 1 aromatic heterocycles. The number of carbonyl (C=O) groups excluding carboxylic acids is 2. The quantitative estimate of drug-likeness (QED) is 0.0362. The zero-order chi connectivity index (χ0) is 50.4. The average molecular weight is 987 g/mol. The first-order valence-electron chi connectivity index (χ1n) is 19.3. The monoisotopic (exact) mass is 987 g/mol. The van der Waals surface area contributed by atoms with Crippen LogP contribution in [0.15, 0.2) is 54.7 Å². The van der Waals surface area contributed by atoms with Gasteiger partial charge in [-0.25, -0.2) is 87.8 Å². The summed E-state index contributed by atoms with van der Waals surface area (Å²) in [7, 11) is 0. The van der Waals surface area contributed by atoms with E-state index >= 15 is 35.1 Å². The normalized spacial score (nSPS) is 13.1. The molecular formula is C44H22BF20NO2. The highest BCUT2D eigenvalue weighted by Crippen LogP contribution is 2.31. The van der Waals surface area contributed by atoms with E-state index in [1.165, 1.54) is 6.42 Å². The Labute approximate surface area is 368 Å². The third-order valence-electron chi connectivity index (χ3n) is 11.3. The van der Waals surface area contributed by atoms with Crippen molar-refractivity contribution in [1.29, 1.82) is 0 Å². The maximum atomic E-state index is 15.4. The predicted octanol–water partition coefficient (Wildman–Crippen LogP) is 9.47. The Morgan fingerprint density at radius 3 is 1.01 bits per heavy atom. The van der Waals surface area contributed by atoms with Gasteiger partial charge in [0.2, 0.25) is 23.8 Å². The van der Waals surface area contributed by atoms with E-state index in [1.54, 1.807) is 4.57 Å². The number of rotatable bonds is 9. The van der Waals surface area contributed by atoms with Crippen LogP contribution in [0.1, 0.15) is 53.0 Å². The molecule has 1 aliphatic rings. The molecule has 0 spiro atoms. The van der Waals surface area contributed by atoms with Crippen molar-refractivity contribution < 1.29 is 102 Å². The number of hydrogen-bond acceptors (Lipinski definition) is 2. The smallest absolute Gasteiger partial charge is 0.249 e. The fourth-order valence-electron chi connectivity index (χ4n) is 8.16. The second-order valence-electron chi connectivity index (χ2n) is 15.0. The number of ketones is 2. The maximum absolute atomic E-state index is 15.4. The Balaban J connectivity index is 0.000000276. The number of pyridine rings is 1.